The highest BCUT2D eigenvalue weighted by Crippen LogP contribution is 2.30. The second-order valence-corrected chi connectivity index (χ2v) is 7.08. The van der Waals surface area contributed by atoms with Crippen LogP contribution in [0, 0.1) is 6.92 Å². The van der Waals surface area contributed by atoms with Crippen molar-refractivity contribution in [1.82, 2.24) is 30.8 Å². The van der Waals surface area contributed by atoms with Crippen molar-refractivity contribution in [1.29, 1.82) is 0 Å². The summed E-state index contributed by atoms with van der Waals surface area (Å²) in [4.78, 5) is 16.8. The van der Waals surface area contributed by atoms with Crippen LogP contribution in [0.3, 0.4) is 0 Å². The number of aryl methyl sites for hydroxylation is 1. The monoisotopic (exact) mass is 378 g/mol. The number of nitrogens with one attached hydrogen (secondary N) is 3. The molecule has 0 spiro atoms. The highest BCUT2D eigenvalue weighted by Gasteiger charge is 2.18. The zero-order valence-corrected chi connectivity index (χ0v) is 15.7. The first kappa shape index (κ1) is 17.2. The number of rotatable bonds is 4. The maximum Gasteiger partial charge on any atom is 0.181 e. The Labute approximate surface area is 162 Å². The van der Waals surface area contributed by atoms with Crippen LogP contribution in [0.15, 0.2) is 30.7 Å². The molecule has 1 fully saturated rings. The molecule has 0 saturated carbocycles. The topological polar surface area (TPSA) is 97.0 Å². The van der Waals surface area contributed by atoms with Crippen LogP contribution in [-0.4, -0.2) is 45.8 Å². The number of ether oxygens (including phenoxy) is 2. The minimum absolute atomic E-state index is 0.223. The van der Waals surface area contributed by atoms with E-state index in [9.17, 15) is 0 Å². The molecule has 8 nitrogen and oxygen atoms in total. The summed E-state index contributed by atoms with van der Waals surface area (Å²) in [7, 11) is 0. The second kappa shape index (κ2) is 7.21. The van der Waals surface area contributed by atoms with E-state index in [0.717, 1.165) is 65.5 Å². The van der Waals surface area contributed by atoms with Crippen molar-refractivity contribution >= 4 is 16.7 Å². The quantitative estimate of drug-likeness (QED) is 0.641. The lowest BCUT2D eigenvalue weighted by Gasteiger charge is -2.24. The molecule has 3 aromatic rings. The van der Waals surface area contributed by atoms with Gasteiger partial charge in [-0.3, -0.25) is 0 Å². The molecule has 0 radical (unpaired) electrons. The molecule has 1 aromatic carbocycles. The molecule has 8 heteroatoms. The Bertz CT molecular complexity index is 1040. The average Bonchev–Trinajstić information content (AvgIpc) is 3.39. The highest BCUT2D eigenvalue weighted by atomic mass is 16.5. The minimum Gasteiger partial charge on any atom is -0.490 e. The van der Waals surface area contributed by atoms with Gasteiger partial charge in [-0.15, -0.1) is 0 Å². The van der Waals surface area contributed by atoms with Gasteiger partial charge in [0.1, 0.15) is 29.5 Å². The van der Waals surface area contributed by atoms with Crippen LogP contribution in [0.2, 0.25) is 0 Å². The fourth-order valence-electron chi connectivity index (χ4n) is 3.59. The van der Waals surface area contributed by atoms with E-state index in [1.807, 2.05) is 18.3 Å². The van der Waals surface area contributed by atoms with Crippen LogP contribution in [0.4, 0.5) is 0 Å². The molecule has 3 N–H and O–H groups in total. The number of hydrogen-bond acceptors (Lipinski definition) is 7. The fourth-order valence-corrected chi connectivity index (χ4v) is 3.59. The lowest BCUT2D eigenvalue weighted by molar-refractivity contribution is 0.0253. The van der Waals surface area contributed by atoms with E-state index < -0.39 is 0 Å². The number of aromatic nitrogens is 4. The maximum absolute atomic E-state index is 6.18. The van der Waals surface area contributed by atoms with E-state index in [1.54, 1.807) is 6.33 Å². The first-order valence-corrected chi connectivity index (χ1v) is 9.52. The van der Waals surface area contributed by atoms with Crippen LogP contribution in [0.5, 0.6) is 5.75 Å². The van der Waals surface area contributed by atoms with Gasteiger partial charge in [-0.05, 0) is 30.7 Å². The van der Waals surface area contributed by atoms with E-state index in [0.29, 0.717) is 12.2 Å². The molecule has 2 aliphatic heterocycles. The van der Waals surface area contributed by atoms with Crippen molar-refractivity contribution in [2.45, 2.75) is 25.9 Å². The first-order chi connectivity index (χ1) is 13.8. The van der Waals surface area contributed by atoms with Gasteiger partial charge in [-0.2, -0.15) is 0 Å². The van der Waals surface area contributed by atoms with Crippen molar-refractivity contribution in [2.75, 3.05) is 19.8 Å². The number of imidazole rings is 1. The van der Waals surface area contributed by atoms with Crippen molar-refractivity contribution in [2.24, 2.45) is 0 Å². The number of fused-ring (bicyclic) bond motifs is 1. The molecule has 0 unspecified atom stereocenters. The number of nitrogens with zero attached hydrogens (tertiary/aromatic N) is 3. The fraction of sp³-hybridized carbons (Fsp3) is 0.350. The smallest absolute Gasteiger partial charge is 0.181 e. The third-order valence-corrected chi connectivity index (χ3v) is 5.13. The van der Waals surface area contributed by atoms with Crippen LogP contribution in [-0.2, 0) is 4.74 Å². The lowest BCUT2D eigenvalue weighted by atomic mass is 10.1. The van der Waals surface area contributed by atoms with E-state index in [-0.39, 0.29) is 6.10 Å². The molecule has 0 atom stereocenters. The summed E-state index contributed by atoms with van der Waals surface area (Å²) in [6, 6.07) is 6.18. The van der Waals surface area contributed by atoms with Crippen molar-refractivity contribution in [3.63, 3.8) is 0 Å². The number of benzene rings is 1. The molecule has 0 aliphatic carbocycles. The standard InChI is InChI=1S/C20H22N6O2/c1-12-8-13(2-3-16(12)28-15-4-6-27-7-5-15)17-18-20(22-11-21-17)26-19(25-18)14-9-23-24-10-14/h2-3,8-9,11,15,23-24H,4-7,10H2,1H3,(H,21,22,25,26). The molecule has 0 amide bonds. The van der Waals surface area contributed by atoms with Crippen LogP contribution < -0.4 is 15.6 Å². The molecule has 28 heavy (non-hydrogen) atoms. The average molecular weight is 378 g/mol. The summed E-state index contributed by atoms with van der Waals surface area (Å²) in [6.07, 6.45) is 5.55. The van der Waals surface area contributed by atoms with Gasteiger partial charge in [0, 0.05) is 36.7 Å². The molecular formula is C20H22N6O2. The van der Waals surface area contributed by atoms with Crippen molar-refractivity contribution < 1.29 is 9.47 Å². The van der Waals surface area contributed by atoms with Gasteiger partial charge < -0.3 is 19.9 Å². The number of hydrazine groups is 1. The zero-order valence-electron chi connectivity index (χ0n) is 15.7. The van der Waals surface area contributed by atoms with Gasteiger partial charge in [0.25, 0.3) is 0 Å². The predicted molar refractivity (Wildman–Crippen MR) is 105 cm³/mol. The van der Waals surface area contributed by atoms with Gasteiger partial charge in [-0.1, -0.05) is 0 Å². The van der Waals surface area contributed by atoms with Crippen molar-refractivity contribution in [3.8, 4) is 17.0 Å². The Morgan fingerprint density at radius 3 is 2.86 bits per heavy atom. The van der Waals surface area contributed by atoms with Gasteiger partial charge in [0.15, 0.2) is 5.65 Å². The highest BCUT2D eigenvalue weighted by molar-refractivity contribution is 5.89. The van der Waals surface area contributed by atoms with Crippen LogP contribution in [0.1, 0.15) is 24.2 Å². The summed E-state index contributed by atoms with van der Waals surface area (Å²) in [5, 5.41) is 0. The summed E-state index contributed by atoms with van der Waals surface area (Å²) >= 11 is 0. The SMILES string of the molecule is Cc1cc(-c2ncnc3nc(C4=CNNC4)[nH]c23)ccc1OC1CCOCC1. The Morgan fingerprint density at radius 2 is 2.07 bits per heavy atom. The first-order valence-electron chi connectivity index (χ1n) is 9.52. The predicted octanol–water partition coefficient (Wildman–Crippen LogP) is 2.33. The van der Waals surface area contributed by atoms with E-state index in [4.69, 9.17) is 9.47 Å². The molecule has 5 rings (SSSR count). The van der Waals surface area contributed by atoms with E-state index in [1.165, 1.54) is 0 Å². The molecular weight excluding hydrogens is 356 g/mol. The second-order valence-electron chi connectivity index (χ2n) is 7.08. The number of H-pyrrole nitrogens is 1. The summed E-state index contributed by atoms with van der Waals surface area (Å²) in [5.41, 5.74) is 11.5. The summed E-state index contributed by atoms with van der Waals surface area (Å²) in [5.74, 6) is 1.71. The third kappa shape index (κ3) is 3.21. The van der Waals surface area contributed by atoms with Crippen molar-refractivity contribution in [3.05, 3.63) is 42.1 Å². The third-order valence-electron chi connectivity index (χ3n) is 5.13. The van der Waals surface area contributed by atoms with Crippen LogP contribution >= 0.6 is 0 Å². The molecule has 2 aromatic heterocycles. The normalized spacial score (nSPS) is 17.5. The van der Waals surface area contributed by atoms with Gasteiger partial charge in [0.2, 0.25) is 0 Å². The Balaban J connectivity index is 1.46. The maximum atomic E-state index is 6.18. The van der Waals surface area contributed by atoms with Gasteiger partial charge >= 0.3 is 0 Å². The number of aromatic amines is 1. The Morgan fingerprint density at radius 1 is 1.18 bits per heavy atom. The molecule has 4 heterocycles. The van der Waals surface area contributed by atoms with Crippen LogP contribution in [0.25, 0.3) is 28.0 Å². The van der Waals surface area contributed by atoms with E-state index >= 15 is 0 Å². The summed E-state index contributed by atoms with van der Waals surface area (Å²) in [6.45, 7) is 4.31. The largest absolute Gasteiger partial charge is 0.490 e. The zero-order chi connectivity index (χ0) is 18.9. The van der Waals surface area contributed by atoms with Gasteiger partial charge in [0.05, 0.1) is 18.9 Å². The Hall–Kier alpha value is -2.97. The lowest BCUT2D eigenvalue weighted by Crippen LogP contribution is -2.26. The van der Waals surface area contributed by atoms with E-state index in [2.05, 4.69) is 43.8 Å². The Kier molecular flexibility index (Phi) is 4.42. The summed E-state index contributed by atoms with van der Waals surface area (Å²) < 4.78 is 11.6. The molecule has 1 saturated heterocycles. The molecule has 2 aliphatic rings. The number of hydrogen-bond donors (Lipinski definition) is 3. The molecule has 0 bridgehead atoms. The van der Waals surface area contributed by atoms with Gasteiger partial charge in [-0.25, -0.2) is 20.4 Å². The molecule has 144 valence electrons. The minimum atomic E-state index is 0.223.